The zero-order valence-corrected chi connectivity index (χ0v) is 14.4. The van der Waals surface area contributed by atoms with Crippen molar-refractivity contribution < 1.29 is 8.81 Å². The number of rotatable bonds is 3. The molecule has 0 fully saturated rings. The molecule has 0 saturated heterocycles. The highest BCUT2D eigenvalue weighted by Crippen LogP contribution is 2.26. The number of benzene rings is 2. The first-order chi connectivity index (χ1) is 11.0. The van der Waals surface area contributed by atoms with Gasteiger partial charge in [-0.05, 0) is 58.8 Å². The van der Waals surface area contributed by atoms with E-state index in [-0.39, 0.29) is 16.7 Å². The molecule has 0 amide bonds. The van der Waals surface area contributed by atoms with Crippen LogP contribution >= 0.6 is 27.5 Å². The van der Waals surface area contributed by atoms with E-state index in [2.05, 4.69) is 26.1 Å². The third-order valence-electron chi connectivity index (χ3n) is 3.13. The van der Waals surface area contributed by atoms with Crippen molar-refractivity contribution in [2.45, 2.75) is 6.92 Å². The maximum Gasteiger partial charge on any atom is 0.259 e. The highest BCUT2D eigenvalue weighted by Gasteiger charge is 2.11. The molecule has 1 heterocycles. The van der Waals surface area contributed by atoms with Gasteiger partial charge < -0.3 is 4.42 Å². The highest BCUT2D eigenvalue weighted by molar-refractivity contribution is 9.10. The molecule has 3 nitrogen and oxygen atoms in total. The molecule has 0 aliphatic heterocycles. The van der Waals surface area contributed by atoms with E-state index in [0.29, 0.717) is 10.4 Å². The van der Waals surface area contributed by atoms with E-state index in [1.165, 1.54) is 6.07 Å². The Labute approximate surface area is 145 Å². The van der Waals surface area contributed by atoms with Crippen LogP contribution in [0.4, 0.5) is 4.39 Å². The fourth-order valence-corrected chi connectivity index (χ4v) is 2.62. The molecule has 0 aliphatic rings. The Balaban J connectivity index is 1.90. The summed E-state index contributed by atoms with van der Waals surface area (Å²) in [5.41, 5.74) is 2.65. The van der Waals surface area contributed by atoms with Crippen LogP contribution in [0.15, 0.2) is 51.4 Å². The molecular weight excluding hydrogens is 383 g/mol. The van der Waals surface area contributed by atoms with Crippen molar-refractivity contribution in [2.24, 2.45) is 0 Å². The van der Waals surface area contributed by atoms with Crippen molar-refractivity contribution in [3.63, 3.8) is 0 Å². The molecule has 6 heteroatoms. The predicted octanol–water partition coefficient (Wildman–Crippen LogP) is 5.68. The van der Waals surface area contributed by atoms with Gasteiger partial charge >= 0.3 is 0 Å². The van der Waals surface area contributed by atoms with Gasteiger partial charge in [-0.3, -0.25) is 0 Å². The van der Waals surface area contributed by atoms with Crippen LogP contribution in [-0.4, -0.2) is 10.2 Å². The van der Waals surface area contributed by atoms with Gasteiger partial charge in [0.2, 0.25) is 5.89 Å². The molecule has 0 atom stereocenters. The average molecular weight is 394 g/mol. The summed E-state index contributed by atoms with van der Waals surface area (Å²) in [4.78, 5) is 0. The quantitative estimate of drug-likeness (QED) is 0.574. The van der Waals surface area contributed by atoms with Crippen molar-refractivity contribution in [3.05, 3.63) is 69.8 Å². The molecule has 3 aromatic rings. The minimum Gasteiger partial charge on any atom is -0.415 e. The van der Waals surface area contributed by atoms with E-state index in [1.54, 1.807) is 18.2 Å². The van der Waals surface area contributed by atoms with E-state index >= 15 is 0 Å². The summed E-state index contributed by atoms with van der Waals surface area (Å²) in [6, 6.07) is 12.3. The Morgan fingerprint density at radius 1 is 1.22 bits per heavy atom. The Morgan fingerprint density at radius 2 is 2.04 bits per heavy atom. The molecule has 0 bridgehead atoms. The van der Waals surface area contributed by atoms with E-state index in [4.69, 9.17) is 16.0 Å². The van der Waals surface area contributed by atoms with Crippen LogP contribution in [0.5, 0.6) is 0 Å². The third-order valence-corrected chi connectivity index (χ3v) is 4.01. The second-order valence-corrected chi connectivity index (χ2v) is 6.21. The van der Waals surface area contributed by atoms with Crippen LogP contribution in [0.25, 0.3) is 22.6 Å². The topological polar surface area (TPSA) is 38.9 Å². The first-order valence-electron chi connectivity index (χ1n) is 6.76. The van der Waals surface area contributed by atoms with Crippen molar-refractivity contribution in [2.75, 3.05) is 0 Å². The summed E-state index contributed by atoms with van der Waals surface area (Å²) < 4.78 is 19.2. The molecule has 0 spiro atoms. The smallest absolute Gasteiger partial charge is 0.259 e. The van der Waals surface area contributed by atoms with Crippen molar-refractivity contribution in [1.82, 2.24) is 10.2 Å². The Hall–Kier alpha value is -1.98. The average Bonchev–Trinajstić information content (AvgIpc) is 3.01. The number of aryl methyl sites for hydroxylation is 1. The minimum absolute atomic E-state index is 0.212. The van der Waals surface area contributed by atoms with E-state index in [0.717, 1.165) is 16.7 Å². The number of halogens is 3. The molecule has 3 rings (SSSR count). The maximum atomic E-state index is 13.2. The second-order valence-electron chi connectivity index (χ2n) is 4.95. The van der Waals surface area contributed by atoms with E-state index < -0.39 is 0 Å². The molecule has 0 aliphatic carbocycles. The zero-order valence-electron chi connectivity index (χ0n) is 12.1. The van der Waals surface area contributed by atoms with Crippen LogP contribution in [0.2, 0.25) is 0 Å². The van der Waals surface area contributed by atoms with Gasteiger partial charge in [0.1, 0.15) is 10.8 Å². The number of nitrogens with zero attached hydrogens (tertiary/aromatic N) is 2. The van der Waals surface area contributed by atoms with Gasteiger partial charge in [-0.15, -0.1) is 10.2 Å². The molecule has 0 unspecified atom stereocenters. The summed E-state index contributed by atoms with van der Waals surface area (Å²) in [5.74, 6) is 0.275. The largest absolute Gasteiger partial charge is 0.415 e. The van der Waals surface area contributed by atoms with Crippen LogP contribution in [0.1, 0.15) is 17.0 Å². The second kappa shape index (κ2) is 6.64. The summed E-state index contributed by atoms with van der Waals surface area (Å²) in [7, 11) is 0. The monoisotopic (exact) mass is 392 g/mol. The Bertz CT molecular complexity index is 892. The summed E-state index contributed by atoms with van der Waals surface area (Å²) in [5, 5.41) is 8.25. The molecule has 0 radical (unpaired) electrons. The Kier molecular flexibility index (Phi) is 4.59. The summed E-state index contributed by atoms with van der Waals surface area (Å²) in [6.45, 7) is 1.99. The molecule has 116 valence electrons. The van der Waals surface area contributed by atoms with Gasteiger partial charge in [-0.1, -0.05) is 35.4 Å². The molecule has 23 heavy (non-hydrogen) atoms. The lowest BCUT2D eigenvalue weighted by atomic mass is 10.1. The van der Waals surface area contributed by atoms with Crippen LogP contribution in [0, 0.1) is 12.7 Å². The molecule has 2 aromatic carbocycles. The number of hydrogen-bond acceptors (Lipinski definition) is 3. The minimum atomic E-state index is -0.335. The normalized spacial score (nSPS) is 11.7. The summed E-state index contributed by atoms with van der Waals surface area (Å²) >= 11 is 9.36. The fourth-order valence-electron chi connectivity index (χ4n) is 2.02. The zero-order chi connectivity index (χ0) is 16.4. The highest BCUT2D eigenvalue weighted by atomic mass is 79.9. The lowest BCUT2D eigenvalue weighted by Gasteiger charge is -1.98. The lowest BCUT2D eigenvalue weighted by molar-refractivity contribution is 0.556. The van der Waals surface area contributed by atoms with Gasteiger partial charge in [-0.25, -0.2) is 4.39 Å². The molecule has 0 saturated carbocycles. The standard InChI is InChI=1S/C17H11BrClFN2O/c1-10-3-2-4-12(7-10)16-21-22-17(23-16)14(19)9-11-5-6-15(20)13(18)8-11/h2-9H,1H3/b14-9-. The van der Waals surface area contributed by atoms with E-state index in [1.807, 2.05) is 31.2 Å². The molecule has 1 aromatic heterocycles. The van der Waals surface area contributed by atoms with Crippen LogP contribution in [-0.2, 0) is 0 Å². The van der Waals surface area contributed by atoms with Crippen molar-refractivity contribution in [1.29, 1.82) is 0 Å². The van der Waals surface area contributed by atoms with Gasteiger partial charge in [-0.2, -0.15) is 0 Å². The molecule has 0 N–H and O–H groups in total. The lowest BCUT2D eigenvalue weighted by Crippen LogP contribution is -1.81. The first-order valence-corrected chi connectivity index (χ1v) is 7.93. The van der Waals surface area contributed by atoms with Gasteiger partial charge in [0.15, 0.2) is 0 Å². The van der Waals surface area contributed by atoms with Gasteiger partial charge in [0.25, 0.3) is 5.89 Å². The first kappa shape index (κ1) is 15.9. The molecular formula is C17H11BrClFN2O. The Morgan fingerprint density at radius 3 is 2.78 bits per heavy atom. The van der Waals surface area contributed by atoms with Gasteiger partial charge in [0, 0.05) is 5.56 Å². The number of hydrogen-bond donors (Lipinski definition) is 0. The fraction of sp³-hybridized carbons (Fsp3) is 0.0588. The third kappa shape index (κ3) is 3.68. The van der Waals surface area contributed by atoms with Crippen molar-refractivity contribution in [3.8, 4) is 11.5 Å². The number of aromatic nitrogens is 2. The summed E-state index contributed by atoms with van der Waals surface area (Å²) in [6.07, 6.45) is 1.64. The van der Waals surface area contributed by atoms with E-state index in [9.17, 15) is 4.39 Å². The SMILES string of the molecule is Cc1cccc(-c2nnc(/C(Cl)=C/c3ccc(F)c(Br)c3)o2)c1. The van der Waals surface area contributed by atoms with Gasteiger partial charge in [0.05, 0.1) is 4.47 Å². The van der Waals surface area contributed by atoms with Crippen molar-refractivity contribution >= 4 is 38.6 Å². The van der Waals surface area contributed by atoms with Crippen LogP contribution < -0.4 is 0 Å². The predicted molar refractivity (Wildman–Crippen MR) is 92.3 cm³/mol. The van der Waals surface area contributed by atoms with Crippen LogP contribution in [0.3, 0.4) is 0 Å². The maximum absolute atomic E-state index is 13.2.